The fourth-order valence-electron chi connectivity index (χ4n) is 1.76. The molecule has 8 heteroatoms. The van der Waals surface area contributed by atoms with Crippen molar-refractivity contribution in [3.63, 3.8) is 0 Å². The molecule has 0 spiro atoms. The van der Waals surface area contributed by atoms with Crippen LogP contribution in [0.4, 0.5) is 17.1 Å². The molecule has 2 N–H and O–H groups in total. The van der Waals surface area contributed by atoms with Crippen LogP contribution in [0, 0.1) is 24.0 Å². The number of aryl methyl sites for hydroxylation is 2. The fraction of sp³-hybridized carbons (Fsp3) is 0.154. The summed E-state index contributed by atoms with van der Waals surface area (Å²) in [6.07, 6.45) is 0. The maximum Gasteiger partial charge on any atom is 0.296 e. The van der Waals surface area contributed by atoms with Gasteiger partial charge in [0.25, 0.3) is 11.2 Å². The number of nitrogens with zero attached hydrogens (tertiary/aromatic N) is 3. The van der Waals surface area contributed by atoms with Crippen molar-refractivity contribution in [3.8, 4) is 5.88 Å². The summed E-state index contributed by atoms with van der Waals surface area (Å²) < 4.78 is 0. The molecular formula is C13H12N4O4. The number of azo groups is 1. The summed E-state index contributed by atoms with van der Waals surface area (Å²) in [4.78, 5) is 23.7. The van der Waals surface area contributed by atoms with Gasteiger partial charge in [0.15, 0.2) is 5.69 Å². The van der Waals surface area contributed by atoms with E-state index < -0.39 is 16.4 Å². The van der Waals surface area contributed by atoms with Gasteiger partial charge in [-0.15, -0.1) is 10.2 Å². The Morgan fingerprint density at radius 2 is 1.95 bits per heavy atom. The van der Waals surface area contributed by atoms with Crippen molar-refractivity contribution in [1.82, 2.24) is 4.98 Å². The SMILES string of the molecule is Cc1ccc(N=Nc2c(C)cc(=O)[nH]c2O)c([N+](=O)[O-])c1. The molecule has 0 atom stereocenters. The lowest BCUT2D eigenvalue weighted by molar-refractivity contribution is -0.384. The number of rotatable bonds is 3. The third-order valence-electron chi connectivity index (χ3n) is 2.77. The molecule has 8 nitrogen and oxygen atoms in total. The van der Waals surface area contributed by atoms with Crippen LogP contribution in [-0.2, 0) is 0 Å². The second kappa shape index (κ2) is 5.53. The van der Waals surface area contributed by atoms with Gasteiger partial charge < -0.3 is 5.11 Å². The molecule has 21 heavy (non-hydrogen) atoms. The number of benzene rings is 1. The molecule has 0 aliphatic carbocycles. The highest BCUT2D eigenvalue weighted by molar-refractivity contribution is 5.59. The van der Waals surface area contributed by atoms with Crippen molar-refractivity contribution in [2.24, 2.45) is 10.2 Å². The molecule has 0 saturated heterocycles. The minimum absolute atomic E-state index is 0.0597. The highest BCUT2D eigenvalue weighted by Gasteiger charge is 2.14. The van der Waals surface area contributed by atoms with Gasteiger partial charge in [-0.1, -0.05) is 6.07 Å². The molecule has 108 valence electrons. The molecule has 1 aromatic carbocycles. The molecule has 2 rings (SSSR count). The van der Waals surface area contributed by atoms with E-state index in [9.17, 15) is 20.0 Å². The summed E-state index contributed by atoms with van der Waals surface area (Å²) in [7, 11) is 0. The first kappa shape index (κ1) is 14.4. The Hall–Kier alpha value is -3.03. The van der Waals surface area contributed by atoms with Crippen molar-refractivity contribution >= 4 is 17.1 Å². The molecule has 2 aromatic rings. The Kier molecular flexibility index (Phi) is 3.79. The third-order valence-corrected chi connectivity index (χ3v) is 2.77. The number of aromatic nitrogens is 1. The van der Waals surface area contributed by atoms with Crippen molar-refractivity contribution < 1.29 is 10.0 Å². The molecule has 0 amide bonds. The minimum Gasteiger partial charge on any atom is -0.493 e. The second-order valence-electron chi connectivity index (χ2n) is 4.46. The van der Waals surface area contributed by atoms with Crippen LogP contribution < -0.4 is 5.56 Å². The number of hydrogen-bond acceptors (Lipinski definition) is 6. The molecule has 0 bridgehead atoms. The molecule has 0 fully saturated rings. The Morgan fingerprint density at radius 1 is 1.24 bits per heavy atom. The Balaban J connectivity index is 2.48. The van der Waals surface area contributed by atoms with Gasteiger partial charge in [-0.3, -0.25) is 19.9 Å². The van der Waals surface area contributed by atoms with Crippen LogP contribution in [-0.4, -0.2) is 15.0 Å². The lowest BCUT2D eigenvalue weighted by atomic mass is 10.2. The molecule has 0 aliphatic rings. The van der Waals surface area contributed by atoms with Gasteiger partial charge in [0.05, 0.1) is 4.92 Å². The van der Waals surface area contributed by atoms with Crippen molar-refractivity contribution in [3.05, 3.63) is 55.9 Å². The lowest BCUT2D eigenvalue weighted by Gasteiger charge is -2.01. The summed E-state index contributed by atoms with van der Waals surface area (Å²) in [6.45, 7) is 3.30. The number of aromatic amines is 1. The Labute approximate surface area is 118 Å². The van der Waals surface area contributed by atoms with Gasteiger partial charge in [0, 0.05) is 12.1 Å². The third kappa shape index (κ3) is 3.11. The van der Waals surface area contributed by atoms with Gasteiger partial charge in [-0.2, -0.15) is 0 Å². The van der Waals surface area contributed by atoms with E-state index >= 15 is 0 Å². The van der Waals surface area contributed by atoms with Crippen molar-refractivity contribution in [2.75, 3.05) is 0 Å². The summed E-state index contributed by atoms with van der Waals surface area (Å²) in [5, 5.41) is 28.2. The van der Waals surface area contributed by atoms with Gasteiger partial charge >= 0.3 is 0 Å². The summed E-state index contributed by atoms with van der Waals surface area (Å²) >= 11 is 0. The lowest BCUT2D eigenvalue weighted by Crippen LogP contribution is -2.03. The molecule has 1 heterocycles. The quantitative estimate of drug-likeness (QED) is 0.512. The highest BCUT2D eigenvalue weighted by atomic mass is 16.6. The number of nitrogens with one attached hydrogen (secondary N) is 1. The average molecular weight is 288 g/mol. The monoisotopic (exact) mass is 288 g/mol. The summed E-state index contributed by atoms with van der Waals surface area (Å²) in [5.41, 5.74) is 0.615. The first-order valence-corrected chi connectivity index (χ1v) is 5.98. The predicted molar refractivity (Wildman–Crippen MR) is 75.5 cm³/mol. The number of pyridine rings is 1. The van der Waals surface area contributed by atoms with Crippen LogP contribution in [0.1, 0.15) is 11.1 Å². The van der Waals surface area contributed by atoms with Crippen LogP contribution in [0.2, 0.25) is 0 Å². The number of hydrogen-bond donors (Lipinski definition) is 2. The van der Waals surface area contributed by atoms with E-state index in [0.29, 0.717) is 5.56 Å². The molecule has 0 radical (unpaired) electrons. The first-order valence-electron chi connectivity index (χ1n) is 5.98. The molecule has 0 aliphatic heterocycles. The molecule has 0 saturated carbocycles. The zero-order valence-electron chi connectivity index (χ0n) is 11.3. The van der Waals surface area contributed by atoms with Crippen LogP contribution in [0.15, 0.2) is 39.3 Å². The average Bonchev–Trinajstić information content (AvgIpc) is 2.38. The standard InChI is InChI=1S/C13H12N4O4/c1-7-3-4-9(10(5-7)17(20)21)15-16-12-8(2)6-11(18)14-13(12)19/h3-6H,1-2H3,(H2,14,18,19). The van der Waals surface area contributed by atoms with Gasteiger partial charge in [-0.05, 0) is 31.0 Å². The second-order valence-corrected chi connectivity index (χ2v) is 4.46. The largest absolute Gasteiger partial charge is 0.493 e. The minimum atomic E-state index is -0.555. The van der Waals surface area contributed by atoms with E-state index in [1.165, 1.54) is 18.2 Å². The predicted octanol–water partition coefficient (Wildman–Crippen LogP) is 3.02. The van der Waals surface area contributed by atoms with E-state index in [1.807, 2.05) is 0 Å². The number of H-pyrrole nitrogens is 1. The number of nitro groups is 1. The van der Waals surface area contributed by atoms with Crippen molar-refractivity contribution in [1.29, 1.82) is 0 Å². The van der Waals surface area contributed by atoms with Crippen LogP contribution in [0.25, 0.3) is 0 Å². The summed E-state index contributed by atoms with van der Waals surface area (Å²) in [5.74, 6) is -0.432. The topological polar surface area (TPSA) is 121 Å². The van der Waals surface area contributed by atoms with E-state index in [2.05, 4.69) is 15.2 Å². The zero-order chi connectivity index (χ0) is 15.6. The van der Waals surface area contributed by atoms with E-state index in [4.69, 9.17) is 0 Å². The number of aromatic hydroxyl groups is 1. The molecule has 0 unspecified atom stereocenters. The number of nitro benzene ring substituents is 1. The molecular weight excluding hydrogens is 276 g/mol. The maximum atomic E-state index is 11.1. The normalized spacial score (nSPS) is 11.0. The fourth-order valence-corrected chi connectivity index (χ4v) is 1.76. The Bertz CT molecular complexity index is 769. The van der Waals surface area contributed by atoms with E-state index in [-0.39, 0.29) is 17.1 Å². The van der Waals surface area contributed by atoms with E-state index in [0.717, 1.165) is 5.56 Å². The van der Waals surface area contributed by atoms with Crippen LogP contribution in [0.5, 0.6) is 5.88 Å². The van der Waals surface area contributed by atoms with Crippen LogP contribution in [0.3, 0.4) is 0 Å². The van der Waals surface area contributed by atoms with E-state index in [1.54, 1.807) is 19.9 Å². The molecule has 1 aromatic heterocycles. The summed E-state index contributed by atoms with van der Waals surface area (Å²) in [6, 6.07) is 5.77. The van der Waals surface area contributed by atoms with Gasteiger partial charge in [0.1, 0.15) is 5.69 Å². The van der Waals surface area contributed by atoms with Crippen molar-refractivity contribution in [2.45, 2.75) is 13.8 Å². The first-order chi connectivity index (χ1) is 9.88. The van der Waals surface area contributed by atoms with Crippen LogP contribution >= 0.6 is 0 Å². The maximum absolute atomic E-state index is 11.1. The highest BCUT2D eigenvalue weighted by Crippen LogP contribution is 2.32. The smallest absolute Gasteiger partial charge is 0.296 e. The van der Waals surface area contributed by atoms with Gasteiger partial charge in [0.2, 0.25) is 5.88 Å². The Morgan fingerprint density at radius 3 is 2.57 bits per heavy atom. The zero-order valence-corrected chi connectivity index (χ0v) is 11.3. The van der Waals surface area contributed by atoms with Gasteiger partial charge in [-0.25, -0.2) is 0 Å².